The number of para-hydroxylation sites is 10. The molecule has 9 nitrogen and oxygen atoms in total. The van der Waals surface area contributed by atoms with E-state index in [2.05, 4.69) is 525 Å². The van der Waals surface area contributed by atoms with Crippen LogP contribution in [0.25, 0.3) is 122 Å². The first-order chi connectivity index (χ1) is 66.9. The van der Waals surface area contributed by atoms with E-state index in [1.807, 2.05) is 34.8 Å². The van der Waals surface area contributed by atoms with Crippen molar-refractivity contribution >= 4 is 242 Å². The van der Waals surface area contributed by atoms with Gasteiger partial charge in [-0.2, -0.15) is 0 Å². The molecule has 5 aromatic heterocycles. The van der Waals surface area contributed by atoms with Gasteiger partial charge in [0.05, 0.1) is 11.0 Å². The third kappa shape index (κ3) is 14.7. The SMILES string of the molecule is c1ccc(N(c2ccccc2)c2ccc3c(c2)sc2ccc(N(c4ccccc4)c4ccc5c(c4)sc4ccc(N(c6ccccc6)c6ccccc6)cc45)cc23)cc1.c1ccc(N(c2ccccc2)c2ccc3oc4cc(N(c5ccccc5)c5ccc6c7cc(N(c8ccc9ccccc9c8)c8ccc9c(c8)oc8ccccc89)ccc7n(-c7ccccc7)c6c5)ccc4c3c2)cc1. The van der Waals surface area contributed by atoms with Gasteiger partial charge in [0.25, 0.3) is 0 Å². The van der Waals surface area contributed by atoms with Gasteiger partial charge in [-0.1, -0.05) is 231 Å². The Hall–Kier alpha value is -17.5. The number of hydrogen-bond acceptors (Lipinski definition) is 10. The molecule has 0 saturated heterocycles. The van der Waals surface area contributed by atoms with E-state index in [0.717, 1.165) is 174 Å². The Balaban J connectivity index is 0.000000149. The fourth-order valence-electron chi connectivity index (χ4n) is 19.7. The highest BCUT2D eigenvalue weighted by Gasteiger charge is 2.27. The van der Waals surface area contributed by atoms with E-state index in [0.29, 0.717) is 0 Å². The Morgan fingerprint density at radius 3 is 0.889 bits per heavy atom. The molecule has 21 aromatic carbocycles. The van der Waals surface area contributed by atoms with Crippen LogP contribution < -0.4 is 29.4 Å². The van der Waals surface area contributed by atoms with E-state index in [-0.39, 0.29) is 0 Å². The second-order valence-electron chi connectivity index (χ2n) is 34.0. The molecule has 26 rings (SSSR count). The predicted octanol–water partition coefficient (Wildman–Crippen LogP) is 37.0. The summed E-state index contributed by atoms with van der Waals surface area (Å²) < 4.78 is 20.7. The van der Waals surface area contributed by atoms with Crippen LogP contribution in [0.3, 0.4) is 0 Å². The highest BCUT2D eigenvalue weighted by atomic mass is 32.1. The van der Waals surface area contributed by atoms with Crippen LogP contribution in [0.2, 0.25) is 0 Å². The second kappa shape index (κ2) is 34.1. The van der Waals surface area contributed by atoms with Gasteiger partial charge in [0.1, 0.15) is 22.3 Å². The molecule has 638 valence electrons. The van der Waals surface area contributed by atoms with Crippen LogP contribution in [0.5, 0.6) is 0 Å². The minimum atomic E-state index is 0.819. The normalized spacial score (nSPS) is 11.6. The molecule has 11 heteroatoms. The number of nitrogens with zero attached hydrogens (tertiary/aromatic N) is 7. The molecule has 5 heterocycles. The molecule has 0 bridgehead atoms. The van der Waals surface area contributed by atoms with E-state index in [4.69, 9.17) is 8.83 Å². The lowest BCUT2D eigenvalue weighted by Crippen LogP contribution is -2.10. The summed E-state index contributed by atoms with van der Waals surface area (Å²) in [5, 5.41) is 14.0. The Labute approximate surface area is 788 Å². The van der Waals surface area contributed by atoms with E-state index < -0.39 is 0 Å². The molecule has 0 atom stereocenters. The van der Waals surface area contributed by atoms with Crippen molar-refractivity contribution in [1.29, 1.82) is 0 Å². The Kier molecular flexibility index (Phi) is 20.1. The molecule has 0 radical (unpaired) electrons. The summed E-state index contributed by atoms with van der Waals surface area (Å²) in [5.41, 5.74) is 26.3. The fourth-order valence-corrected chi connectivity index (χ4v) is 21.9. The van der Waals surface area contributed by atoms with Crippen LogP contribution in [-0.4, -0.2) is 4.57 Å². The van der Waals surface area contributed by atoms with Crippen LogP contribution in [0.1, 0.15) is 0 Å². The average Bonchev–Trinajstić information content (AvgIpc) is 1.58. The van der Waals surface area contributed by atoms with Gasteiger partial charge in [-0.25, -0.2) is 0 Å². The lowest BCUT2D eigenvalue weighted by molar-refractivity contribution is 0.668. The van der Waals surface area contributed by atoms with Crippen LogP contribution in [-0.2, 0) is 0 Å². The summed E-state index contributed by atoms with van der Waals surface area (Å²) in [6.07, 6.45) is 0. The van der Waals surface area contributed by atoms with E-state index in [9.17, 15) is 0 Å². The van der Waals surface area contributed by atoms with E-state index >= 15 is 0 Å². The standard InChI is InChI=1S/C70H46N4O2.C54H37N3S2/c1-5-19-49(20-6-1)71(50-21-7-2-8-22-50)55-35-40-68-64(43-55)62-38-33-57(45-70(62)76-68)72(51-23-9-3-10-24-51)56-31-36-59-63-42-54(34-39-65(63)74(66(59)44-56)52-25-11-4-12-26-52)73(53-30-29-47-17-13-14-18-48(47)41-53)58-32-37-61-60-27-15-16-28-67(60)75-69(61)46-58;1-6-16-38(17-7-1)55(39-18-8-2-9-19-39)43-28-32-51-49(34-43)48-31-27-46(37-54(48)59-51)57(42-24-14-5-15-25-42)44-29-33-52-50(35-44)47-30-26-45(36-53(47)58-52)56(40-20-10-3-11-21-40)41-22-12-4-13-23-41/h1-46H;1-37H. The molecule has 0 spiro atoms. The van der Waals surface area contributed by atoms with Crippen molar-refractivity contribution in [1.82, 2.24) is 4.57 Å². The molecule has 0 aliphatic rings. The van der Waals surface area contributed by atoms with Gasteiger partial charge in [-0.05, 0) is 272 Å². The Morgan fingerprint density at radius 1 is 0.148 bits per heavy atom. The number of thiophene rings is 2. The molecular weight excluding hydrogens is 1680 g/mol. The lowest BCUT2D eigenvalue weighted by Gasteiger charge is -2.26. The first kappa shape index (κ1) is 79.7. The molecule has 0 saturated carbocycles. The van der Waals surface area contributed by atoms with Gasteiger partial charge in [0.2, 0.25) is 0 Å². The summed E-state index contributed by atoms with van der Waals surface area (Å²) in [6, 6.07) is 180. The van der Waals surface area contributed by atoms with Gasteiger partial charge < -0.3 is 42.8 Å². The van der Waals surface area contributed by atoms with Crippen LogP contribution in [0.15, 0.2) is 512 Å². The smallest absolute Gasteiger partial charge is 0.137 e. The molecule has 0 amide bonds. The minimum absolute atomic E-state index is 0.819. The maximum Gasteiger partial charge on any atom is 0.137 e. The Bertz CT molecular complexity index is 8780. The molecule has 0 unspecified atom stereocenters. The zero-order valence-electron chi connectivity index (χ0n) is 73.2. The second-order valence-corrected chi connectivity index (χ2v) is 36.1. The summed E-state index contributed by atoms with van der Waals surface area (Å²) in [6.45, 7) is 0. The minimum Gasteiger partial charge on any atom is -0.456 e. The number of rotatable bonds is 19. The summed E-state index contributed by atoms with van der Waals surface area (Å²) in [5.74, 6) is 0. The zero-order valence-corrected chi connectivity index (χ0v) is 74.8. The molecule has 0 N–H and O–H groups in total. The highest BCUT2D eigenvalue weighted by molar-refractivity contribution is 7.26. The van der Waals surface area contributed by atoms with Crippen LogP contribution in [0.4, 0.5) is 102 Å². The quantitative estimate of drug-likeness (QED) is 0.0794. The zero-order chi connectivity index (χ0) is 89.2. The van der Waals surface area contributed by atoms with Crippen molar-refractivity contribution in [3.8, 4) is 5.69 Å². The van der Waals surface area contributed by atoms with Gasteiger partial charge >= 0.3 is 0 Å². The first-order valence-corrected chi connectivity index (χ1v) is 47.2. The predicted molar refractivity (Wildman–Crippen MR) is 573 cm³/mol. The van der Waals surface area contributed by atoms with Crippen molar-refractivity contribution in [2.75, 3.05) is 29.4 Å². The third-order valence-corrected chi connectivity index (χ3v) is 28.1. The monoisotopic (exact) mass is 1770 g/mol. The number of aromatic nitrogens is 1. The van der Waals surface area contributed by atoms with Crippen LogP contribution >= 0.6 is 22.7 Å². The number of furan rings is 2. The average molecular weight is 1770 g/mol. The lowest BCUT2D eigenvalue weighted by atomic mass is 10.1. The first-order valence-electron chi connectivity index (χ1n) is 45.6. The number of hydrogen-bond donors (Lipinski definition) is 0. The van der Waals surface area contributed by atoms with Gasteiger partial charge in [0.15, 0.2) is 0 Å². The third-order valence-electron chi connectivity index (χ3n) is 25.9. The van der Waals surface area contributed by atoms with E-state index in [1.54, 1.807) is 0 Å². The number of benzene rings is 21. The number of anilines is 18. The van der Waals surface area contributed by atoms with E-state index in [1.165, 1.54) is 51.1 Å². The van der Waals surface area contributed by atoms with Crippen molar-refractivity contribution in [2.45, 2.75) is 0 Å². The molecule has 26 aromatic rings. The summed E-state index contributed by atoms with van der Waals surface area (Å²) in [4.78, 5) is 14.0. The topological polar surface area (TPSA) is 50.7 Å². The highest BCUT2D eigenvalue weighted by Crippen LogP contribution is 2.51. The number of fused-ring (bicyclic) bond motifs is 16. The molecule has 0 aliphatic carbocycles. The largest absolute Gasteiger partial charge is 0.456 e. The van der Waals surface area contributed by atoms with Gasteiger partial charge in [-0.15, -0.1) is 22.7 Å². The maximum atomic E-state index is 6.74. The molecule has 135 heavy (non-hydrogen) atoms. The van der Waals surface area contributed by atoms with Crippen molar-refractivity contribution < 1.29 is 8.83 Å². The van der Waals surface area contributed by atoms with Crippen molar-refractivity contribution in [3.63, 3.8) is 0 Å². The maximum absolute atomic E-state index is 6.74. The summed E-state index contributed by atoms with van der Waals surface area (Å²) in [7, 11) is 0. The van der Waals surface area contributed by atoms with Crippen LogP contribution in [0, 0.1) is 0 Å². The van der Waals surface area contributed by atoms with Gasteiger partial charge in [0, 0.05) is 193 Å². The molecular formula is C124H83N7O2S2. The van der Waals surface area contributed by atoms with Crippen molar-refractivity contribution in [2.24, 2.45) is 0 Å². The fraction of sp³-hybridized carbons (Fsp3) is 0. The molecule has 0 fully saturated rings. The summed E-state index contributed by atoms with van der Waals surface area (Å²) >= 11 is 3.71. The Morgan fingerprint density at radius 2 is 0.437 bits per heavy atom. The van der Waals surface area contributed by atoms with Gasteiger partial charge in [-0.3, -0.25) is 0 Å². The van der Waals surface area contributed by atoms with Crippen molar-refractivity contribution in [3.05, 3.63) is 504 Å². The molecule has 0 aliphatic heterocycles.